The summed E-state index contributed by atoms with van der Waals surface area (Å²) in [6.45, 7) is 3.86. The van der Waals surface area contributed by atoms with Crippen LogP contribution >= 0.6 is 0 Å². The molecule has 0 saturated carbocycles. The maximum Gasteiger partial charge on any atom is 0.340 e. The third kappa shape index (κ3) is 1.48. The van der Waals surface area contributed by atoms with Crippen LogP contribution in [0.4, 0.5) is 0 Å². The molecule has 0 aliphatic rings. The van der Waals surface area contributed by atoms with Crippen molar-refractivity contribution in [2.75, 3.05) is 7.05 Å². The Kier molecular flexibility index (Phi) is 1.82. The Morgan fingerprint density at radius 2 is 2.18 bits per heavy atom. The van der Waals surface area contributed by atoms with Gasteiger partial charge in [0.25, 0.3) is 0 Å². The molecule has 0 amide bonds. The monoisotopic (exact) mass is 156 g/mol. The van der Waals surface area contributed by atoms with E-state index in [0.29, 0.717) is 5.82 Å². The molecule has 0 aromatic carbocycles. The molecule has 0 saturated heterocycles. The number of H-pyrrole nitrogens is 2. The third-order valence-corrected chi connectivity index (χ3v) is 1.72. The Hall–Kier alpha value is -1.10. The minimum atomic E-state index is -0.292. The van der Waals surface area contributed by atoms with Gasteiger partial charge in [-0.05, 0) is 20.9 Å². The third-order valence-electron chi connectivity index (χ3n) is 1.72. The van der Waals surface area contributed by atoms with Crippen LogP contribution in [0.25, 0.3) is 0 Å². The molecule has 1 heterocycles. The fourth-order valence-corrected chi connectivity index (χ4v) is 0.685. The fraction of sp³-hybridized carbons (Fsp3) is 0.667. The van der Waals surface area contributed by atoms with Gasteiger partial charge in [0, 0.05) is 0 Å². The minimum absolute atomic E-state index is 0.275. The topological polar surface area (TPSA) is 73.6 Å². The quantitative estimate of drug-likeness (QED) is 0.543. The van der Waals surface area contributed by atoms with Gasteiger partial charge in [-0.25, -0.2) is 9.89 Å². The van der Waals surface area contributed by atoms with Gasteiger partial charge in [-0.1, -0.05) is 0 Å². The summed E-state index contributed by atoms with van der Waals surface area (Å²) in [6, 6.07) is 0. The molecule has 0 aliphatic heterocycles. The molecule has 11 heavy (non-hydrogen) atoms. The van der Waals surface area contributed by atoms with Crippen LogP contribution in [0.3, 0.4) is 0 Å². The van der Waals surface area contributed by atoms with Crippen LogP contribution in [0.15, 0.2) is 4.79 Å². The number of nitrogens with one attached hydrogen (secondary N) is 3. The van der Waals surface area contributed by atoms with Crippen molar-refractivity contribution in [2.45, 2.75) is 19.4 Å². The first-order chi connectivity index (χ1) is 5.06. The zero-order valence-corrected chi connectivity index (χ0v) is 6.86. The van der Waals surface area contributed by atoms with Crippen molar-refractivity contribution in [3.05, 3.63) is 16.3 Å². The van der Waals surface area contributed by atoms with E-state index in [1.807, 2.05) is 20.9 Å². The normalized spacial score (nSPS) is 11.9. The van der Waals surface area contributed by atoms with Crippen molar-refractivity contribution in [3.63, 3.8) is 0 Å². The molecule has 5 nitrogen and oxygen atoms in total. The number of aromatic nitrogens is 3. The summed E-state index contributed by atoms with van der Waals surface area (Å²) in [5.41, 5.74) is -0.567. The van der Waals surface area contributed by atoms with Gasteiger partial charge in [-0.2, -0.15) is 5.10 Å². The summed E-state index contributed by atoms with van der Waals surface area (Å²) >= 11 is 0. The largest absolute Gasteiger partial charge is 0.340 e. The zero-order valence-electron chi connectivity index (χ0n) is 6.86. The number of nitrogens with zero attached hydrogens (tertiary/aromatic N) is 1. The van der Waals surface area contributed by atoms with Crippen molar-refractivity contribution < 1.29 is 0 Å². The molecule has 0 unspecified atom stereocenters. The van der Waals surface area contributed by atoms with Crippen molar-refractivity contribution in [3.8, 4) is 0 Å². The predicted molar refractivity (Wildman–Crippen MR) is 41.3 cm³/mol. The highest BCUT2D eigenvalue weighted by Gasteiger charge is 2.21. The molecular formula is C6H12N4O. The van der Waals surface area contributed by atoms with E-state index in [0.717, 1.165) is 0 Å². The second-order valence-electron chi connectivity index (χ2n) is 2.90. The Labute approximate surface area is 64.2 Å². The Morgan fingerprint density at radius 1 is 1.55 bits per heavy atom. The van der Waals surface area contributed by atoms with Crippen LogP contribution in [0.1, 0.15) is 19.7 Å². The molecule has 0 atom stereocenters. The summed E-state index contributed by atoms with van der Waals surface area (Å²) in [7, 11) is 1.81. The number of aromatic amines is 2. The number of rotatable bonds is 2. The summed E-state index contributed by atoms with van der Waals surface area (Å²) in [6.07, 6.45) is 0. The molecule has 0 radical (unpaired) electrons. The van der Waals surface area contributed by atoms with E-state index in [-0.39, 0.29) is 11.2 Å². The minimum Gasteiger partial charge on any atom is -0.308 e. The van der Waals surface area contributed by atoms with Gasteiger partial charge in [0.2, 0.25) is 0 Å². The molecule has 5 heteroatoms. The zero-order chi connectivity index (χ0) is 8.48. The Morgan fingerprint density at radius 3 is 2.55 bits per heavy atom. The van der Waals surface area contributed by atoms with E-state index in [1.165, 1.54) is 0 Å². The average Bonchev–Trinajstić information content (AvgIpc) is 2.36. The van der Waals surface area contributed by atoms with E-state index >= 15 is 0 Å². The van der Waals surface area contributed by atoms with Crippen LogP contribution in [0, 0.1) is 0 Å². The van der Waals surface area contributed by atoms with Gasteiger partial charge in [0.15, 0.2) is 5.82 Å². The lowest BCUT2D eigenvalue weighted by molar-refractivity contribution is 0.418. The van der Waals surface area contributed by atoms with Gasteiger partial charge in [0.05, 0.1) is 5.54 Å². The molecule has 0 fully saturated rings. The number of hydrogen-bond acceptors (Lipinski definition) is 3. The maximum atomic E-state index is 10.7. The molecular weight excluding hydrogens is 144 g/mol. The Balaban J connectivity index is 3.01. The maximum absolute atomic E-state index is 10.7. The second-order valence-corrected chi connectivity index (χ2v) is 2.90. The summed E-state index contributed by atoms with van der Waals surface area (Å²) in [5.74, 6) is 0.616. The highest BCUT2D eigenvalue weighted by Crippen LogP contribution is 2.11. The van der Waals surface area contributed by atoms with Gasteiger partial charge >= 0.3 is 5.69 Å². The van der Waals surface area contributed by atoms with Gasteiger partial charge in [-0.15, -0.1) is 0 Å². The first kappa shape index (κ1) is 8.00. The van der Waals surface area contributed by atoms with Crippen LogP contribution < -0.4 is 11.0 Å². The highest BCUT2D eigenvalue weighted by atomic mass is 16.1. The lowest BCUT2D eigenvalue weighted by atomic mass is 10.1. The number of hydrogen-bond donors (Lipinski definition) is 3. The first-order valence-corrected chi connectivity index (χ1v) is 3.40. The van der Waals surface area contributed by atoms with Crippen molar-refractivity contribution in [1.29, 1.82) is 0 Å². The van der Waals surface area contributed by atoms with Crippen LogP contribution in [0.2, 0.25) is 0 Å². The predicted octanol–water partition coefficient (Wildman–Crippen LogP) is -0.447. The van der Waals surface area contributed by atoms with Crippen LogP contribution in [-0.2, 0) is 5.54 Å². The average molecular weight is 156 g/mol. The van der Waals surface area contributed by atoms with E-state index in [2.05, 4.69) is 20.5 Å². The summed E-state index contributed by atoms with van der Waals surface area (Å²) < 4.78 is 0. The second kappa shape index (κ2) is 2.50. The first-order valence-electron chi connectivity index (χ1n) is 3.40. The molecule has 1 rings (SSSR count). The van der Waals surface area contributed by atoms with E-state index in [1.54, 1.807) is 0 Å². The van der Waals surface area contributed by atoms with Crippen LogP contribution in [-0.4, -0.2) is 22.2 Å². The summed E-state index contributed by atoms with van der Waals surface area (Å²) in [4.78, 5) is 13.2. The molecule has 1 aromatic heterocycles. The molecule has 0 spiro atoms. The van der Waals surface area contributed by atoms with Crippen molar-refractivity contribution in [2.24, 2.45) is 0 Å². The Bertz CT molecular complexity index is 285. The fourth-order valence-electron chi connectivity index (χ4n) is 0.685. The van der Waals surface area contributed by atoms with Crippen LogP contribution in [0.5, 0.6) is 0 Å². The highest BCUT2D eigenvalue weighted by molar-refractivity contribution is 4.98. The van der Waals surface area contributed by atoms with Crippen molar-refractivity contribution >= 4 is 0 Å². The van der Waals surface area contributed by atoms with Gasteiger partial charge < -0.3 is 5.32 Å². The SMILES string of the molecule is CNC(C)(C)c1n[nH]c(=O)[nH]1. The lowest BCUT2D eigenvalue weighted by Crippen LogP contribution is -2.34. The van der Waals surface area contributed by atoms with Gasteiger partial charge in [0.1, 0.15) is 0 Å². The van der Waals surface area contributed by atoms with E-state index in [4.69, 9.17) is 0 Å². The molecule has 62 valence electrons. The standard InChI is InChI=1S/C6H12N4O/c1-6(2,7-3)4-8-5(11)10-9-4/h7H,1-3H3,(H2,8,9,10,11). The molecule has 1 aromatic rings. The lowest BCUT2D eigenvalue weighted by Gasteiger charge is -2.19. The van der Waals surface area contributed by atoms with Gasteiger partial charge in [-0.3, -0.25) is 4.98 Å². The molecule has 0 bridgehead atoms. The summed E-state index contributed by atoms with van der Waals surface area (Å²) in [5, 5.41) is 9.13. The van der Waals surface area contributed by atoms with E-state index < -0.39 is 0 Å². The van der Waals surface area contributed by atoms with E-state index in [9.17, 15) is 4.79 Å². The molecule has 3 N–H and O–H groups in total. The van der Waals surface area contributed by atoms with Crippen molar-refractivity contribution in [1.82, 2.24) is 20.5 Å². The molecule has 0 aliphatic carbocycles. The smallest absolute Gasteiger partial charge is 0.308 e.